The number of anilines is 1. The average molecular weight is 362 g/mol. The van der Waals surface area contributed by atoms with Crippen LogP contribution in [0.2, 0.25) is 0 Å². The lowest BCUT2D eigenvalue weighted by atomic mass is 9.99. The number of benzene rings is 2. The van der Waals surface area contributed by atoms with Crippen molar-refractivity contribution >= 4 is 23.1 Å². The molecule has 1 N–H and O–H groups in total. The molecule has 1 aliphatic rings. The Hall–Kier alpha value is -2.88. The van der Waals surface area contributed by atoms with Gasteiger partial charge in [0.15, 0.2) is 0 Å². The maximum absolute atomic E-state index is 13.0. The monoisotopic (exact) mass is 362 g/mol. The Bertz CT molecular complexity index is 957. The predicted molar refractivity (Wildman–Crippen MR) is 109 cm³/mol. The molecule has 1 aliphatic heterocycles. The van der Waals surface area contributed by atoms with Crippen LogP contribution in [-0.2, 0) is 9.59 Å². The van der Waals surface area contributed by atoms with Crippen LogP contribution in [0.1, 0.15) is 41.2 Å². The summed E-state index contributed by atoms with van der Waals surface area (Å²) in [6, 6.07) is 11.9. The summed E-state index contributed by atoms with van der Waals surface area (Å²) in [5, 5.41) is 3.26. The minimum absolute atomic E-state index is 0.225. The highest BCUT2D eigenvalue weighted by atomic mass is 16.2. The Morgan fingerprint density at radius 3 is 2.22 bits per heavy atom. The van der Waals surface area contributed by atoms with Crippen LogP contribution in [-0.4, -0.2) is 23.3 Å². The Morgan fingerprint density at radius 1 is 0.852 bits per heavy atom. The number of hydrogen-bond donors (Lipinski definition) is 1. The SMILES string of the molecule is CCCN1C(=O)C(Nc2ccc(C)cc2C)=C(c2ccc(C)c(C)c2)C1=O. The van der Waals surface area contributed by atoms with Gasteiger partial charge in [0.2, 0.25) is 0 Å². The first-order chi connectivity index (χ1) is 12.8. The van der Waals surface area contributed by atoms with E-state index in [1.165, 1.54) is 4.90 Å². The molecule has 2 aromatic rings. The van der Waals surface area contributed by atoms with Gasteiger partial charge in [-0.1, -0.05) is 42.8 Å². The van der Waals surface area contributed by atoms with Crippen molar-refractivity contribution in [1.29, 1.82) is 0 Å². The van der Waals surface area contributed by atoms with Gasteiger partial charge in [-0.2, -0.15) is 0 Å². The molecule has 0 radical (unpaired) electrons. The molecule has 0 bridgehead atoms. The summed E-state index contributed by atoms with van der Waals surface area (Å²) in [7, 11) is 0. The molecule has 0 atom stereocenters. The van der Waals surface area contributed by atoms with E-state index in [1.807, 2.05) is 65.0 Å². The Labute approximate surface area is 160 Å². The molecule has 2 amide bonds. The van der Waals surface area contributed by atoms with Crippen LogP contribution in [0.25, 0.3) is 5.57 Å². The summed E-state index contributed by atoms with van der Waals surface area (Å²) in [4.78, 5) is 27.4. The normalized spacial score (nSPS) is 14.3. The quantitative estimate of drug-likeness (QED) is 0.796. The fourth-order valence-electron chi connectivity index (χ4n) is 3.37. The van der Waals surface area contributed by atoms with E-state index in [9.17, 15) is 9.59 Å². The standard InChI is InChI=1S/C23H26N2O2/c1-6-11-25-22(26)20(18-9-8-15(3)16(4)13-18)21(23(25)27)24-19-10-7-14(2)12-17(19)5/h7-10,12-13,24H,6,11H2,1-5H3. The van der Waals surface area contributed by atoms with Gasteiger partial charge in [0.05, 0.1) is 5.57 Å². The number of amides is 2. The minimum atomic E-state index is -0.255. The van der Waals surface area contributed by atoms with E-state index in [2.05, 4.69) is 11.4 Å². The van der Waals surface area contributed by atoms with E-state index in [0.717, 1.165) is 39.9 Å². The molecule has 0 fully saturated rings. The van der Waals surface area contributed by atoms with Crippen LogP contribution in [0.3, 0.4) is 0 Å². The van der Waals surface area contributed by atoms with Crippen LogP contribution in [0, 0.1) is 27.7 Å². The molecule has 2 aromatic carbocycles. The highest BCUT2D eigenvalue weighted by Crippen LogP contribution is 2.32. The zero-order valence-electron chi connectivity index (χ0n) is 16.6. The van der Waals surface area contributed by atoms with Gasteiger partial charge in [0, 0.05) is 12.2 Å². The molecule has 4 nitrogen and oxygen atoms in total. The van der Waals surface area contributed by atoms with Gasteiger partial charge in [-0.3, -0.25) is 14.5 Å². The van der Waals surface area contributed by atoms with Gasteiger partial charge in [0.1, 0.15) is 5.70 Å². The Kier molecular flexibility index (Phi) is 5.17. The molecule has 0 saturated carbocycles. The van der Waals surface area contributed by atoms with Gasteiger partial charge >= 0.3 is 0 Å². The Morgan fingerprint density at radius 2 is 1.59 bits per heavy atom. The first-order valence-electron chi connectivity index (χ1n) is 9.35. The Balaban J connectivity index is 2.12. The van der Waals surface area contributed by atoms with Crippen molar-refractivity contribution in [3.63, 3.8) is 0 Å². The third-order valence-corrected chi connectivity index (χ3v) is 5.05. The second-order valence-corrected chi connectivity index (χ2v) is 7.25. The first-order valence-corrected chi connectivity index (χ1v) is 9.35. The number of carbonyl (C=O) groups excluding carboxylic acids is 2. The third-order valence-electron chi connectivity index (χ3n) is 5.05. The number of carbonyl (C=O) groups is 2. The molecule has 0 aliphatic carbocycles. The molecular formula is C23H26N2O2. The zero-order valence-corrected chi connectivity index (χ0v) is 16.6. The van der Waals surface area contributed by atoms with Crippen molar-refractivity contribution in [1.82, 2.24) is 4.90 Å². The number of hydrogen-bond acceptors (Lipinski definition) is 3. The summed E-state index contributed by atoms with van der Waals surface area (Å²) in [5.41, 5.74) is 6.89. The number of rotatable bonds is 5. The van der Waals surface area contributed by atoms with Crippen LogP contribution in [0.5, 0.6) is 0 Å². The minimum Gasteiger partial charge on any atom is -0.350 e. The fraction of sp³-hybridized carbons (Fsp3) is 0.304. The van der Waals surface area contributed by atoms with Crippen molar-refractivity contribution in [2.45, 2.75) is 41.0 Å². The molecular weight excluding hydrogens is 336 g/mol. The summed E-state index contributed by atoms with van der Waals surface area (Å²) in [5.74, 6) is -0.479. The smallest absolute Gasteiger partial charge is 0.278 e. The van der Waals surface area contributed by atoms with Crippen LogP contribution >= 0.6 is 0 Å². The second-order valence-electron chi connectivity index (χ2n) is 7.25. The lowest BCUT2D eigenvalue weighted by molar-refractivity contribution is -0.136. The van der Waals surface area contributed by atoms with Gasteiger partial charge in [-0.05, 0) is 62.4 Å². The van der Waals surface area contributed by atoms with Crippen molar-refractivity contribution in [3.8, 4) is 0 Å². The number of nitrogens with zero attached hydrogens (tertiary/aromatic N) is 1. The van der Waals surface area contributed by atoms with E-state index >= 15 is 0 Å². The van der Waals surface area contributed by atoms with E-state index in [4.69, 9.17) is 0 Å². The molecule has 140 valence electrons. The van der Waals surface area contributed by atoms with Crippen LogP contribution in [0.4, 0.5) is 5.69 Å². The molecule has 1 heterocycles. The van der Waals surface area contributed by atoms with E-state index in [1.54, 1.807) is 0 Å². The lowest BCUT2D eigenvalue weighted by Gasteiger charge is -2.14. The summed E-state index contributed by atoms with van der Waals surface area (Å²) < 4.78 is 0. The van der Waals surface area contributed by atoms with Gasteiger partial charge < -0.3 is 5.32 Å². The van der Waals surface area contributed by atoms with Crippen molar-refractivity contribution in [3.05, 3.63) is 69.9 Å². The molecule has 0 aromatic heterocycles. The van der Waals surface area contributed by atoms with Crippen molar-refractivity contribution in [2.75, 3.05) is 11.9 Å². The number of imide groups is 1. The third kappa shape index (κ3) is 3.52. The maximum atomic E-state index is 13.0. The van der Waals surface area contributed by atoms with Crippen molar-refractivity contribution < 1.29 is 9.59 Å². The van der Waals surface area contributed by atoms with E-state index in [0.29, 0.717) is 17.8 Å². The molecule has 27 heavy (non-hydrogen) atoms. The highest BCUT2D eigenvalue weighted by Gasteiger charge is 2.38. The lowest BCUT2D eigenvalue weighted by Crippen LogP contribution is -2.33. The van der Waals surface area contributed by atoms with E-state index < -0.39 is 0 Å². The summed E-state index contributed by atoms with van der Waals surface area (Å²) in [6.07, 6.45) is 0.731. The van der Waals surface area contributed by atoms with Crippen molar-refractivity contribution in [2.24, 2.45) is 0 Å². The molecule has 0 saturated heterocycles. The van der Waals surface area contributed by atoms with Gasteiger partial charge in [-0.15, -0.1) is 0 Å². The molecule has 3 rings (SSSR count). The summed E-state index contributed by atoms with van der Waals surface area (Å²) in [6.45, 7) is 10.5. The first kappa shape index (κ1) is 18.9. The molecule has 0 spiro atoms. The summed E-state index contributed by atoms with van der Waals surface area (Å²) >= 11 is 0. The van der Waals surface area contributed by atoms with Crippen LogP contribution < -0.4 is 5.32 Å². The number of nitrogens with one attached hydrogen (secondary N) is 1. The fourth-order valence-corrected chi connectivity index (χ4v) is 3.37. The maximum Gasteiger partial charge on any atom is 0.278 e. The zero-order chi connectivity index (χ0) is 19.7. The topological polar surface area (TPSA) is 49.4 Å². The predicted octanol–water partition coefficient (Wildman–Crippen LogP) is 4.52. The van der Waals surface area contributed by atoms with E-state index in [-0.39, 0.29) is 11.8 Å². The number of aryl methyl sites for hydroxylation is 4. The average Bonchev–Trinajstić information content (AvgIpc) is 2.84. The highest BCUT2D eigenvalue weighted by molar-refractivity contribution is 6.36. The van der Waals surface area contributed by atoms with Gasteiger partial charge in [0.25, 0.3) is 11.8 Å². The molecule has 0 unspecified atom stereocenters. The largest absolute Gasteiger partial charge is 0.350 e. The van der Waals surface area contributed by atoms with Crippen LogP contribution in [0.15, 0.2) is 42.1 Å². The second kappa shape index (κ2) is 7.39. The van der Waals surface area contributed by atoms with Gasteiger partial charge in [-0.25, -0.2) is 0 Å². The molecule has 4 heteroatoms.